The van der Waals surface area contributed by atoms with E-state index in [-0.39, 0.29) is 44.7 Å². The van der Waals surface area contributed by atoms with Crippen molar-refractivity contribution < 1.29 is 40.5 Å². The van der Waals surface area contributed by atoms with Gasteiger partial charge in [0, 0.05) is 24.5 Å². The second-order valence-electron chi connectivity index (χ2n) is 8.43. The van der Waals surface area contributed by atoms with Gasteiger partial charge in [-0.3, -0.25) is 9.59 Å². The number of imidazole rings is 1. The highest BCUT2D eigenvalue weighted by atomic mass is 19.4. The average Bonchev–Trinajstić information content (AvgIpc) is 3.37. The molecule has 0 saturated carbocycles. The molecule has 2 aromatic rings. The van der Waals surface area contributed by atoms with Crippen LogP contribution in [-0.2, 0) is 29.2 Å². The van der Waals surface area contributed by atoms with Gasteiger partial charge in [-0.05, 0) is 32.1 Å². The Morgan fingerprint density at radius 1 is 0.946 bits per heavy atom. The van der Waals surface area contributed by atoms with Gasteiger partial charge < -0.3 is 5.73 Å². The number of azo groups is 1. The Labute approximate surface area is 209 Å². The maximum atomic E-state index is 12.4. The van der Waals surface area contributed by atoms with Crippen LogP contribution in [0.4, 0.5) is 43.8 Å². The normalized spacial score (nSPS) is 12.5. The van der Waals surface area contributed by atoms with Crippen LogP contribution in [0, 0.1) is 0 Å². The lowest BCUT2D eigenvalue weighted by atomic mass is 10.1. The number of hydrogen-bond acceptors (Lipinski definition) is 6. The van der Waals surface area contributed by atoms with Crippen molar-refractivity contribution in [2.45, 2.75) is 90.3 Å². The first-order chi connectivity index (χ1) is 17.3. The van der Waals surface area contributed by atoms with E-state index in [1.54, 1.807) is 26.2 Å². The summed E-state index contributed by atoms with van der Waals surface area (Å²) in [5.41, 5.74) is 6.38. The molecule has 0 bridgehead atoms. The number of aromatic nitrogens is 4. The van der Waals surface area contributed by atoms with Crippen molar-refractivity contribution in [3.8, 4) is 0 Å². The van der Waals surface area contributed by atoms with Gasteiger partial charge in [-0.2, -0.15) is 31.4 Å². The molecule has 2 rings (SSSR count). The standard InChI is InChI=1S/C22H29F6N7O2/c1-2-3-12-35-19(29)16(15-30-35)31-32-20-33(10-6-4-8-17(36)21(23,24)25)13-14-34(20)11-7-5-9-18(37)22(26,27)28/h13-15,29H,2-12H2,1H3/p+1. The van der Waals surface area contributed by atoms with Crippen LogP contribution in [0.2, 0.25) is 0 Å². The van der Waals surface area contributed by atoms with E-state index < -0.39 is 36.8 Å². The van der Waals surface area contributed by atoms with Gasteiger partial charge in [-0.15, -0.1) is 0 Å². The highest BCUT2D eigenvalue weighted by molar-refractivity contribution is 5.84. The molecule has 0 saturated heterocycles. The molecule has 0 spiro atoms. The first-order valence-corrected chi connectivity index (χ1v) is 11.9. The summed E-state index contributed by atoms with van der Waals surface area (Å²) in [4.78, 5) is 22.2. The minimum atomic E-state index is -4.87. The summed E-state index contributed by atoms with van der Waals surface area (Å²) in [7, 11) is 0. The number of aryl methyl sites for hydroxylation is 3. The zero-order valence-electron chi connectivity index (χ0n) is 20.4. The molecule has 0 aliphatic rings. The second kappa shape index (κ2) is 13.3. The number of carbonyl (C=O) groups excluding carboxylic acids is 2. The van der Waals surface area contributed by atoms with Gasteiger partial charge in [0.05, 0.1) is 31.7 Å². The third-order valence-corrected chi connectivity index (χ3v) is 5.51. The van der Waals surface area contributed by atoms with Gasteiger partial charge in [0.25, 0.3) is 0 Å². The van der Waals surface area contributed by atoms with E-state index in [1.165, 1.54) is 6.20 Å². The number of halogens is 6. The molecule has 0 radical (unpaired) electrons. The van der Waals surface area contributed by atoms with Gasteiger partial charge in [0.1, 0.15) is 0 Å². The SMILES string of the molecule is CCCCn1ncc(N=Nc2n(CCCCC(=O)C(F)(F)F)cc[n+]2CCCCC(=O)C(F)(F)F)c1N. The topological polar surface area (TPSA) is 112 Å². The molecule has 2 N–H and O–H groups in total. The molecule has 2 aromatic heterocycles. The Morgan fingerprint density at radius 2 is 1.57 bits per heavy atom. The summed E-state index contributed by atoms with van der Waals surface area (Å²) in [5.74, 6) is -3.00. The predicted molar refractivity (Wildman–Crippen MR) is 120 cm³/mol. The van der Waals surface area contributed by atoms with E-state index in [1.807, 2.05) is 6.92 Å². The van der Waals surface area contributed by atoms with E-state index >= 15 is 0 Å². The quantitative estimate of drug-likeness (QED) is 0.142. The van der Waals surface area contributed by atoms with Crippen LogP contribution in [0.1, 0.15) is 58.3 Å². The van der Waals surface area contributed by atoms with Crippen LogP contribution < -0.4 is 10.3 Å². The van der Waals surface area contributed by atoms with Crippen LogP contribution in [0.15, 0.2) is 28.8 Å². The van der Waals surface area contributed by atoms with Crippen molar-refractivity contribution in [1.82, 2.24) is 14.3 Å². The highest BCUT2D eigenvalue weighted by Crippen LogP contribution is 2.25. The van der Waals surface area contributed by atoms with Crippen molar-refractivity contribution in [3.63, 3.8) is 0 Å². The lowest BCUT2D eigenvalue weighted by Crippen LogP contribution is -2.32. The van der Waals surface area contributed by atoms with E-state index in [2.05, 4.69) is 15.3 Å². The van der Waals surface area contributed by atoms with Crippen molar-refractivity contribution in [2.75, 3.05) is 5.73 Å². The third kappa shape index (κ3) is 9.28. The van der Waals surface area contributed by atoms with Crippen LogP contribution in [-0.4, -0.2) is 38.3 Å². The second-order valence-corrected chi connectivity index (χ2v) is 8.43. The van der Waals surface area contributed by atoms with Crippen molar-refractivity contribution >= 4 is 29.0 Å². The summed E-state index contributed by atoms with van der Waals surface area (Å²) in [6.07, 6.45) is -4.06. The zero-order valence-corrected chi connectivity index (χ0v) is 20.4. The number of unbranched alkanes of at least 4 members (excludes halogenated alkanes) is 3. The monoisotopic (exact) mass is 538 g/mol. The molecular formula is C22H30F6N7O2+. The van der Waals surface area contributed by atoms with Crippen molar-refractivity contribution in [2.24, 2.45) is 10.2 Å². The Kier molecular flexibility index (Phi) is 10.8. The summed E-state index contributed by atoms with van der Waals surface area (Å²) in [5, 5.41) is 12.5. The zero-order chi connectivity index (χ0) is 27.6. The Balaban J connectivity index is 2.11. The van der Waals surface area contributed by atoms with Crippen LogP contribution >= 0.6 is 0 Å². The molecule has 0 fully saturated rings. The molecule has 15 heteroatoms. The van der Waals surface area contributed by atoms with E-state index in [0.717, 1.165) is 12.8 Å². The number of nitrogens with zero attached hydrogens (tertiary/aromatic N) is 6. The molecule has 0 aliphatic heterocycles. The molecule has 9 nitrogen and oxygen atoms in total. The average molecular weight is 539 g/mol. The fraction of sp³-hybridized carbons (Fsp3) is 0.636. The molecule has 37 heavy (non-hydrogen) atoms. The number of hydrogen-bond donors (Lipinski definition) is 1. The Hall–Kier alpha value is -3.26. The van der Waals surface area contributed by atoms with E-state index in [9.17, 15) is 35.9 Å². The van der Waals surface area contributed by atoms with Gasteiger partial charge in [-0.1, -0.05) is 18.5 Å². The van der Waals surface area contributed by atoms with Crippen molar-refractivity contribution in [1.29, 1.82) is 0 Å². The largest absolute Gasteiger partial charge is 0.449 e. The maximum Gasteiger partial charge on any atom is 0.449 e. The lowest BCUT2D eigenvalue weighted by molar-refractivity contribution is -0.684. The van der Waals surface area contributed by atoms with Crippen molar-refractivity contribution in [3.05, 3.63) is 18.6 Å². The maximum absolute atomic E-state index is 12.4. The fourth-order valence-corrected chi connectivity index (χ4v) is 3.39. The highest BCUT2D eigenvalue weighted by Gasteiger charge is 2.37. The van der Waals surface area contributed by atoms with Gasteiger partial charge in [0.2, 0.25) is 11.6 Å². The first kappa shape index (κ1) is 30.0. The first-order valence-electron chi connectivity index (χ1n) is 11.9. The number of nitrogens with two attached hydrogens (primary N) is 1. The smallest absolute Gasteiger partial charge is 0.382 e. The molecular weight excluding hydrogens is 508 g/mol. The Morgan fingerprint density at radius 3 is 2.16 bits per heavy atom. The molecule has 206 valence electrons. The lowest BCUT2D eigenvalue weighted by Gasteiger charge is -2.05. The number of Topliss-reactive ketones (excluding diaryl/α,β-unsaturated/α-hetero) is 2. The van der Waals surface area contributed by atoms with E-state index in [4.69, 9.17) is 5.73 Å². The summed E-state index contributed by atoms with van der Waals surface area (Å²) in [6.45, 7) is 3.07. The number of carbonyl (C=O) groups is 2. The molecule has 0 amide bonds. The number of ketones is 2. The number of nitrogen functional groups attached to an aromatic ring is 1. The number of anilines is 1. The summed E-state index contributed by atoms with van der Waals surface area (Å²) < 4.78 is 79.3. The molecule has 2 heterocycles. The predicted octanol–water partition coefficient (Wildman–Crippen LogP) is 5.37. The Bertz CT molecular complexity index is 1020. The van der Waals surface area contributed by atoms with E-state index in [0.29, 0.717) is 18.1 Å². The third-order valence-electron chi connectivity index (χ3n) is 5.51. The van der Waals surface area contributed by atoms with Gasteiger partial charge in [-0.25, -0.2) is 13.8 Å². The number of rotatable bonds is 15. The molecule has 0 unspecified atom stereocenters. The van der Waals surface area contributed by atoms with Crippen LogP contribution in [0.3, 0.4) is 0 Å². The van der Waals surface area contributed by atoms with Crippen LogP contribution in [0.25, 0.3) is 0 Å². The van der Waals surface area contributed by atoms with Crippen LogP contribution in [0.5, 0.6) is 0 Å². The minimum Gasteiger partial charge on any atom is -0.382 e. The van der Waals surface area contributed by atoms with Gasteiger partial charge in [0.15, 0.2) is 11.5 Å². The number of alkyl halides is 6. The summed E-state index contributed by atoms with van der Waals surface area (Å²) >= 11 is 0. The molecule has 0 aromatic carbocycles. The summed E-state index contributed by atoms with van der Waals surface area (Å²) in [6, 6.07) is 0. The molecule has 0 atom stereocenters. The fourth-order valence-electron chi connectivity index (χ4n) is 3.39. The van der Waals surface area contributed by atoms with Gasteiger partial charge >= 0.3 is 18.3 Å². The molecule has 0 aliphatic carbocycles. The minimum absolute atomic E-state index is 0.00378.